The lowest BCUT2D eigenvalue weighted by Gasteiger charge is -2.31. The minimum absolute atomic E-state index is 0.00747. The number of carbonyl (C=O) groups is 2. The first kappa shape index (κ1) is 15.5. The third-order valence-electron chi connectivity index (χ3n) is 3.98. The van der Waals surface area contributed by atoms with Crippen LogP contribution >= 0.6 is 0 Å². The number of nitrogens with one attached hydrogen (secondary N) is 1. The third-order valence-corrected chi connectivity index (χ3v) is 3.98. The van der Waals surface area contributed by atoms with E-state index in [1.54, 1.807) is 0 Å². The molecule has 2 rings (SSSR count). The van der Waals surface area contributed by atoms with Crippen molar-refractivity contribution in [3.05, 3.63) is 34.9 Å². The smallest absolute Gasteiger partial charge is 0.303 e. The molecule has 1 aliphatic carbocycles. The summed E-state index contributed by atoms with van der Waals surface area (Å²) in [5.74, 6) is 0.190. The van der Waals surface area contributed by atoms with E-state index in [1.165, 1.54) is 25.0 Å². The molecule has 0 aromatic heterocycles. The zero-order valence-corrected chi connectivity index (χ0v) is 12.9. The number of benzene rings is 1. The summed E-state index contributed by atoms with van der Waals surface area (Å²) in [6.07, 6.45) is 2.62. The number of carbonyl (C=O) groups excluding carboxylic acids is 2. The topological polar surface area (TPSA) is 55.4 Å². The van der Waals surface area contributed by atoms with Gasteiger partial charge in [-0.25, -0.2) is 0 Å². The van der Waals surface area contributed by atoms with Crippen LogP contribution in [-0.2, 0) is 14.3 Å². The largest absolute Gasteiger partial charge is 0.458 e. The number of ether oxygens (including phenoxy) is 1. The summed E-state index contributed by atoms with van der Waals surface area (Å²) in [6, 6.07) is 6.32. The Labute approximate surface area is 125 Å². The Bertz CT molecular complexity index is 539. The van der Waals surface area contributed by atoms with Crippen molar-refractivity contribution >= 4 is 11.9 Å². The van der Waals surface area contributed by atoms with Gasteiger partial charge in [-0.2, -0.15) is 0 Å². The molecule has 1 aromatic rings. The fourth-order valence-corrected chi connectivity index (χ4v) is 3.05. The van der Waals surface area contributed by atoms with Crippen molar-refractivity contribution in [2.24, 2.45) is 0 Å². The lowest BCUT2D eigenvalue weighted by atomic mass is 9.79. The van der Waals surface area contributed by atoms with Gasteiger partial charge < -0.3 is 10.1 Å². The van der Waals surface area contributed by atoms with Gasteiger partial charge in [0.05, 0.1) is 0 Å². The van der Waals surface area contributed by atoms with Crippen LogP contribution in [0.1, 0.15) is 61.8 Å². The maximum Gasteiger partial charge on any atom is 0.303 e. The molecule has 114 valence electrons. The van der Waals surface area contributed by atoms with Crippen LogP contribution in [0.3, 0.4) is 0 Å². The molecule has 4 nitrogen and oxygen atoms in total. The molecule has 1 amide bonds. The van der Waals surface area contributed by atoms with Crippen LogP contribution in [0.5, 0.6) is 0 Å². The highest BCUT2D eigenvalue weighted by Gasteiger charge is 2.28. The van der Waals surface area contributed by atoms with Gasteiger partial charge in [0, 0.05) is 20.4 Å². The van der Waals surface area contributed by atoms with Crippen molar-refractivity contribution < 1.29 is 14.3 Å². The van der Waals surface area contributed by atoms with Gasteiger partial charge in [-0.1, -0.05) is 23.8 Å². The highest BCUT2D eigenvalue weighted by Crippen LogP contribution is 2.41. The summed E-state index contributed by atoms with van der Waals surface area (Å²) >= 11 is 0. The molecule has 0 spiro atoms. The lowest BCUT2D eigenvalue weighted by molar-refractivity contribution is -0.147. The molecule has 2 atom stereocenters. The maximum atomic E-state index is 11.2. The summed E-state index contributed by atoms with van der Waals surface area (Å²) < 4.78 is 5.44. The lowest BCUT2D eigenvalue weighted by Crippen LogP contribution is -2.25. The van der Waals surface area contributed by atoms with E-state index in [2.05, 4.69) is 30.4 Å². The molecule has 1 aliphatic rings. The zero-order chi connectivity index (χ0) is 15.4. The Kier molecular flexibility index (Phi) is 4.99. The summed E-state index contributed by atoms with van der Waals surface area (Å²) in [6.45, 7) is 5.75. The Hall–Kier alpha value is -1.84. The summed E-state index contributed by atoms with van der Waals surface area (Å²) in [5.41, 5.74) is 3.59. The minimum Gasteiger partial charge on any atom is -0.458 e. The molecular formula is C17H23NO3. The second kappa shape index (κ2) is 6.74. The van der Waals surface area contributed by atoms with E-state index < -0.39 is 0 Å². The first-order valence-corrected chi connectivity index (χ1v) is 7.49. The van der Waals surface area contributed by atoms with Gasteiger partial charge in [0.2, 0.25) is 5.91 Å². The predicted molar refractivity (Wildman–Crippen MR) is 81.0 cm³/mol. The second-order valence-electron chi connectivity index (χ2n) is 5.78. The molecule has 21 heavy (non-hydrogen) atoms. The quantitative estimate of drug-likeness (QED) is 0.867. The number of hydrogen-bond donors (Lipinski definition) is 1. The maximum absolute atomic E-state index is 11.2. The number of amides is 1. The molecular weight excluding hydrogens is 266 g/mol. The number of esters is 1. The standard InChI is InChI=1S/C17H23NO3/c1-11-4-6-15-16(10-11)14(8-9-18-12(2)19)5-7-17(15)21-13(3)20/h4,6,10,14,17H,5,7-9H2,1-3H3,(H,18,19). The molecule has 0 heterocycles. The van der Waals surface area contributed by atoms with Crippen molar-refractivity contribution in [2.75, 3.05) is 6.54 Å². The summed E-state index contributed by atoms with van der Waals surface area (Å²) in [7, 11) is 0. The van der Waals surface area contributed by atoms with Crippen molar-refractivity contribution in [2.45, 2.75) is 52.1 Å². The second-order valence-corrected chi connectivity index (χ2v) is 5.78. The molecule has 0 aliphatic heterocycles. The van der Waals surface area contributed by atoms with Gasteiger partial charge >= 0.3 is 5.97 Å². The Balaban J connectivity index is 2.17. The van der Waals surface area contributed by atoms with E-state index in [-0.39, 0.29) is 18.0 Å². The van der Waals surface area contributed by atoms with Gasteiger partial charge in [-0.05, 0) is 43.2 Å². The van der Waals surface area contributed by atoms with Crippen LogP contribution in [0, 0.1) is 6.92 Å². The van der Waals surface area contributed by atoms with E-state index in [9.17, 15) is 9.59 Å². The molecule has 0 bridgehead atoms. The third kappa shape index (κ3) is 4.06. The average molecular weight is 289 g/mol. The number of rotatable bonds is 4. The average Bonchev–Trinajstić information content (AvgIpc) is 2.40. The first-order chi connectivity index (χ1) is 9.97. The fraction of sp³-hybridized carbons (Fsp3) is 0.529. The van der Waals surface area contributed by atoms with E-state index in [4.69, 9.17) is 4.74 Å². The highest BCUT2D eigenvalue weighted by atomic mass is 16.5. The van der Waals surface area contributed by atoms with Crippen LogP contribution in [-0.4, -0.2) is 18.4 Å². The SMILES string of the molecule is CC(=O)NCCC1CCC(OC(C)=O)c2ccc(C)cc21. The Morgan fingerprint density at radius 2 is 2.00 bits per heavy atom. The first-order valence-electron chi connectivity index (χ1n) is 7.49. The normalized spacial score (nSPS) is 20.5. The summed E-state index contributed by atoms with van der Waals surface area (Å²) in [4.78, 5) is 22.2. The number of aryl methyl sites for hydroxylation is 1. The van der Waals surface area contributed by atoms with E-state index in [1.807, 2.05) is 0 Å². The van der Waals surface area contributed by atoms with Gasteiger partial charge in [-0.3, -0.25) is 9.59 Å². The van der Waals surface area contributed by atoms with E-state index >= 15 is 0 Å². The van der Waals surface area contributed by atoms with Crippen LogP contribution in [0.25, 0.3) is 0 Å². The number of hydrogen-bond acceptors (Lipinski definition) is 3. The van der Waals surface area contributed by atoms with Gasteiger partial charge in [0.1, 0.15) is 6.10 Å². The molecule has 0 fully saturated rings. The molecule has 1 N–H and O–H groups in total. The van der Waals surface area contributed by atoms with Crippen molar-refractivity contribution in [3.8, 4) is 0 Å². The van der Waals surface area contributed by atoms with E-state index in [0.29, 0.717) is 12.5 Å². The van der Waals surface area contributed by atoms with Crippen molar-refractivity contribution in [1.82, 2.24) is 5.32 Å². The molecule has 4 heteroatoms. The van der Waals surface area contributed by atoms with Crippen molar-refractivity contribution in [1.29, 1.82) is 0 Å². The minimum atomic E-state index is -0.233. The van der Waals surface area contributed by atoms with Gasteiger partial charge in [0.15, 0.2) is 0 Å². The Morgan fingerprint density at radius 3 is 2.67 bits per heavy atom. The fourth-order valence-electron chi connectivity index (χ4n) is 3.05. The monoisotopic (exact) mass is 289 g/mol. The van der Waals surface area contributed by atoms with Crippen molar-refractivity contribution in [3.63, 3.8) is 0 Å². The molecule has 0 radical (unpaired) electrons. The van der Waals surface area contributed by atoms with Crippen LogP contribution in [0.4, 0.5) is 0 Å². The number of fused-ring (bicyclic) bond motifs is 1. The summed E-state index contributed by atoms with van der Waals surface area (Å²) in [5, 5.41) is 2.86. The Morgan fingerprint density at radius 1 is 1.24 bits per heavy atom. The molecule has 1 aromatic carbocycles. The molecule has 0 saturated heterocycles. The van der Waals surface area contributed by atoms with Crippen LogP contribution < -0.4 is 5.32 Å². The van der Waals surface area contributed by atoms with Crippen LogP contribution in [0.2, 0.25) is 0 Å². The predicted octanol–water partition coefficient (Wildman–Crippen LogP) is 3.00. The van der Waals surface area contributed by atoms with Gasteiger partial charge in [0.25, 0.3) is 0 Å². The molecule has 0 saturated carbocycles. The highest BCUT2D eigenvalue weighted by molar-refractivity contribution is 5.72. The van der Waals surface area contributed by atoms with Gasteiger partial charge in [-0.15, -0.1) is 0 Å². The van der Waals surface area contributed by atoms with E-state index in [0.717, 1.165) is 24.8 Å². The zero-order valence-electron chi connectivity index (χ0n) is 12.9. The van der Waals surface area contributed by atoms with Crippen LogP contribution in [0.15, 0.2) is 18.2 Å². The molecule has 2 unspecified atom stereocenters.